The van der Waals surface area contributed by atoms with Crippen LogP contribution in [-0.2, 0) is 16.8 Å². The third-order valence-electron chi connectivity index (χ3n) is 3.32. The first-order valence-corrected chi connectivity index (χ1v) is 8.69. The highest BCUT2D eigenvalue weighted by molar-refractivity contribution is 7.87. The van der Waals surface area contributed by atoms with Crippen LogP contribution in [0.1, 0.15) is 23.5 Å². The molecule has 108 valence electrons. The van der Waals surface area contributed by atoms with Crippen molar-refractivity contribution < 1.29 is 8.42 Å². The molecule has 1 aliphatic heterocycles. The van der Waals surface area contributed by atoms with Crippen molar-refractivity contribution in [3.63, 3.8) is 0 Å². The van der Waals surface area contributed by atoms with Gasteiger partial charge in [-0.15, -0.1) is 11.3 Å². The van der Waals surface area contributed by atoms with Crippen LogP contribution in [0.15, 0.2) is 5.38 Å². The predicted molar refractivity (Wildman–Crippen MR) is 76.0 cm³/mol. The maximum atomic E-state index is 12.1. The number of thiazole rings is 1. The fourth-order valence-electron chi connectivity index (χ4n) is 2.11. The summed E-state index contributed by atoms with van der Waals surface area (Å²) < 4.78 is 28.3. The lowest BCUT2D eigenvalue weighted by Gasteiger charge is -2.30. The van der Waals surface area contributed by atoms with Gasteiger partial charge in [0.25, 0.3) is 10.2 Å². The minimum Gasteiger partial charge on any atom is -0.330 e. The Bertz CT molecular complexity index is 507. The second kappa shape index (κ2) is 6.27. The molecule has 1 saturated heterocycles. The van der Waals surface area contributed by atoms with E-state index in [1.165, 1.54) is 15.6 Å². The molecule has 8 heteroatoms. The molecule has 2 rings (SSSR count). The summed E-state index contributed by atoms with van der Waals surface area (Å²) in [6, 6.07) is 0. The number of nitrogens with two attached hydrogens (primary N) is 1. The highest BCUT2D eigenvalue weighted by atomic mass is 32.2. The van der Waals surface area contributed by atoms with Gasteiger partial charge >= 0.3 is 0 Å². The summed E-state index contributed by atoms with van der Waals surface area (Å²) in [5, 5.41) is 2.70. The van der Waals surface area contributed by atoms with Crippen molar-refractivity contribution in [1.82, 2.24) is 14.0 Å². The number of rotatable bonds is 5. The topological polar surface area (TPSA) is 88.3 Å². The molecule has 1 aromatic heterocycles. The van der Waals surface area contributed by atoms with E-state index >= 15 is 0 Å². The number of nitrogens with one attached hydrogen (secondary N) is 1. The van der Waals surface area contributed by atoms with Gasteiger partial charge in [-0.3, -0.25) is 0 Å². The fourth-order valence-corrected chi connectivity index (χ4v) is 4.11. The van der Waals surface area contributed by atoms with E-state index in [1.54, 1.807) is 0 Å². The van der Waals surface area contributed by atoms with Gasteiger partial charge in [0.15, 0.2) is 0 Å². The number of nitrogens with zero attached hydrogens (tertiary/aromatic N) is 2. The van der Waals surface area contributed by atoms with Gasteiger partial charge in [-0.05, 0) is 32.2 Å². The SMILES string of the molecule is Cc1csc(CNS(=O)(=O)N2CCC(CN)CC2)n1. The Morgan fingerprint density at radius 2 is 2.21 bits per heavy atom. The Morgan fingerprint density at radius 1 is 1.53 bits per heavy atom. The molecule has 19 heavy (non-hydrogen) atoms. The zero-order valence-corrected chi connectivity index (χ0v) is 12.6. The van der Waals surface area contributed by atoms with E-state index in [9.17, 15) is 8.42 Å². The molecular weight excluding hydrogens is 284 g/mol. The van der Waals surface area contributed by atoms with E-state index in [1.807, 2.05) is 12.3 Å². The first-order chi connectivity index (χ1) is 9.01. The summed E-state index contributed by atoms with van der Waals surface area (Å²) in [6.07, 6.45) is 1.68. The van der Waals surface area contributed by atoms with Crippen LogP contribution in [0, 0.1) is 12.8 Å². The fraction of sp³-hybridized carbons (Fsp3) is 0.727. The monoisotopic (exact) mass is 304 g/mol. The summed E-state index contributed by atoms with van der Waals surface area (Å²) in [7, 11) is -3.39. The minimum atomic E-state index is -3.39. The highest BCUT2D eigenvalue weighted by Gasteiger charge is 2.27. The van der Waals surface area contributed by atoms with Crippen LogP contribution >= 0.6 is 11.3 Å². The van der Waals surface area contributed by atoms with Crippen molar-refractivity contribution in [2.24, 2.45) is 11.7 Å². The van der Waals surface area contributed by atoms with Gasteiger partial charge in [0.2, 0.25) is 0 Å². The number of aryl methyl sites for hydroxylation is 1. The molecule has 2 heterocycles. The summed E-state index contributed by atoms with van der Waals surface area (Å²) in [4.78, 5) is 4.24. The molecule has 0 radical (unpaired) electrons. The average Bonchev–Trinajstić information content (AvgIpc) is 2.82. The molecule has 0 saturated carbocycles. The average molecular weight is 304 g/mol. The third-order valence-corrected chi connectivity index (χ3v) is 5.84. The smallest absolute Gasteiger partial charge is 0.279 e. The molecule has 3 N–H and O–H groups in total. The maximum Gasteiger partial charge on any atom is 0.279 e. The van der Waals surface area contributed by atoms with Crippen LogP contribution in [0.25, 0.3) is 0 Å². The molecule has 0 aliphatic carbocycles. The quantitative estimate of drug-likeness (QED) is 0.827. The van der Waals surface area contributed by atoms with Gasteiger partial charge < -0.3 is 5.73 Å². The van der Waals surface area contributed by atoms with Crippen LogP contribution in [0.5, 0.6) is 0 Å². The second-order valence-electron chi connectivity index (χ2n) is 4.79. The first-order valence-electron chi connectivity index (χ1n) is 6.37. The minimum absolute atomic E-state index is 0.262. The Hall–Kier alpha value is -0.540. The van der Waals surface area contributed by atoms with Gasteiger partial charge in [-0.1, -0.05) is 0 Å². The van der Waals surface area contributed by atoms with Crippen LogP contribution in [-0.4, -0.2) is 37.3 Å². The molecule has 0 amide bonds. The normalized spacial score (nSPS) is 18.8. The van der Waals surface area contributed by atoms with Crippen molar-refractivity contribution in [2.75, 3.05) is 19.6 Å². The predicted octanol–water partition coefficient (Wildman–Crippen LogP) is 0.457. The van der Waals surface area contributed by atoms with Gasteiger partial charge in [-0.2, -0.15) is 17.4 Å². The van der Waals surface area contributed by atoms with E-state index < -0.39 is 10.2 Å². The molecule has 0 atom stereocenters. The lowest BCUT2D eigenvalue weighted by molar-refractivity contribution is 0.275. The third kappa shape index (κ3) is 3.96. The van der Waals surface area contributed by atoms with Crippen LogP contribution < -0.4 is 10.5 Å². The molecule has 0 unspecified atom stereocenters. The maximum absolute atomic E-state index is 12.1. The van der Waals surface area contributed by atoms with Gasteiger partial charge in [0.1, 0.15) is 5.01 Å². The standard InChI is InChI=1S/C11H20N4O2S2/c1-9-8-18-11(14-9)7-13-19(16,17)15-4-2-10(6-12)3-5-15/h8,10,13H,2-7,12H2,1H3. The van der Waals surface area contributed by atoms with Crippen molar-refractivity contribution in [1.29, 1.82) is 0 Å². The molecule has 1 aromatic rings. The Morgan fingerprint density at radius 3 is 2.74 bits per heavy atom. The molecule has 0 spiro atoms. The highest BCUT2D eigenvalue weighted by Crippen LogP contribution is 2.18. The largest absolute Gasteiger partial charge is 0.330 e. The molecule has 0 bridgehead atoms. The van der Waals surface area contributed by atoms with Gasteiger partial charge in [0.05, 0.1) is 6.54 Å². The van der Waals surface area contributed by atoms with Crippen molar-refractivity contribution >= 4 is 21.5 Å². The lowest BCUT2D eigenvalue weighted by Crippen LogP contribution is -2.45. The van der Waals surface area contributed by atoms with E-state index in [2.05, 4.69) is 9.71 Å². The Balaban J connectivity index is 1.88. The van der Waals surface area contributed by atoms with Crippen LogP contribution in [0.2, 0.25) is 0 Å². The number of piperidine rings is 1. The van der Waals surface area contributed by atoms with E-state index in [0.29, 0.717) is 25.6 Å². The molecule has 1 aliphatic rings. The van der Waals surface area contributed by atoms with Crippen LogP contribution in [0.3, 0.4) is 0 Å². The summed E-state index contributed by atoms with van der Waals surface area (Å²) >= 11 is 1.47. The summed E-state index contributed by atoms with van der Waals surface area (Å²) in [5.74, 6) is 0.452. The van der Waals surface area contributed by atoms with Crippen LogP contribution in [0.4, 0.5) is 0 Å². The number of hydrogen-bond acceptors (Lipinski definition) is 5. The van der Waals surface area contributed by atoms with E-state index in [-0.39, 0.29) is 6.54 Å². The van der Waals surface area contributed by atoms with E-state index in [0.717, 1.165) is 23.5 Å². The summed E-state index contributed by atoms with van der Waals surface area (Å²) in [6.45, 7) is 3.89. The Kier molecular flexibility index (Phi) is 4.91. The summed E-state index contributed by atoms with van der Waals surface area (Å²) in [5.41, 5.74) is 6.52. The molecule has 1 fully saturated rings. The molecular formula is C11H20N4O2S2. The van der Waals surface area contributed by atoms with Crippen molar-refractivity contribution in [3.05, 3.63) is 16.1 Å². The number of hydrogen-bond donors (Lipinski definition) is 2. The van der Waals surface area contributed by atoms with Crippen molar-refractivity contribution in [2.45, 2.75) is 26.3 Å². The zero-order chi connectivity index (χ0) is 13.9. The second-order valence-corrected chi connectivity index (χ2v) is 7.48. The Labute approximate surface area is 118 Å². The van der Waals surface area contributed by atoms with Gasteiger partial charge in [-0.25, -0.2) is 4.98 Å². The number of aromatic nitrogens is 1. The zero-order valence-electron chi connectivity index (χ0n) is 11.0. The van der Waals surface area contributed by atoms with Gasteiger partial charge in [0, 0.05) is 24.2 Å². The first kappa shape index (κ1) is 14.9. The molecule has 0 aromatic carbocycles. The van der Waals surface area contributed by atoms with E-state index in [4.69, 9.17) is 5.73 Å². The lowest BCUT2D eigenvalue weighted by atomic mass is 9.99. The van der Waals surface area contributed by atoms with Crippen molar-refractivity contribution in [3.8, 4) is 0 Å². The molecule has 6 nitrogen and oxygen atoms in total.